The summed E-state index contributed by atoms with van der Waals surface area (Å²) in [7, 11) is 0. The molecule has 1 aromatic carbocycles. The highest BCUT2D eigenvalue weighted by Crippen LogP contribution is 2.52. The molecule has 5 rings (SSSR count). The van der Waals surface area contributed by atoms with Gasteiger partial charge in [-0.3, -0.25) is 4.79 Å². The summed E-state index contributed by atoms with van der Waals surface area (Å²) in [5, 5.41) is -0.0322. The Morgan fingerprint density at radius 3 is 2.37 bits per heavy atom. The van der Waals surface area contributed by atoms with Crippen molar-refractivity contribution in [2.45, 2.75) is 64.6 Å². The van der Waals surface area contributed by atoms with E-state index >= 15 is 0 Å². The largest absolute Gasteiger partial charge is 0.417 e. The first kappa shape index (κ1) is 18.4. The van der Waals surface area contributed by atoms with E-state index in [1.807, 2.05) is 11.5 Å². The van der Waals surface area contributed by atoms with E-state index in [0.717, 1.165) is 31.2 Å². The summed E-state index contributed by atoms with van der Waals surface area (Å²) in [5.41, 5.74) is 6.18. The predicted molar refractivity (Wildman–Crippen MR) is 98.5 cm³/mol. The van der Waals surface area contributed by atoms with E-state index in [1.54, 1.807) is 6.07 Å². The molecule has 3 aliphatic rings. The van der Waals surface area contributed by atoms with Crippen molar-refractivity contribution in [2.75, 3.05) is 0 Å². The number of amides is 1. The molecule has 146 valence electrons. The zero-order valence-corrected chi connectivity index (χ0v) is 15.5. The number of fused-ring (bicyclic) bond motifs is 4. The normalized spacial score (nSPS) is 25.3. The Morgan fingerprint density at radius 2 is 1.85 bits per heavy atom. The lowest BCUT2D eigenvalue weighted by Gasteiger charge is -2.47. The molecular formula is C21H25F3N2O. The number of hydrogen-bond donors (Lipinski definition) is 1. The molecule has 0 saturated heterocycles. The van der Waals surface area contributed by atoms with Crippen LogP contribution in [0.15, 0.2) is 18.2 Å². The molecule has 3 saturated carbocycles. The Kier molecular flexibility index (Phi) is 4.28. The number of aromatic nitrogens is 1. The van der Waals surface area contributed by atoms with Crippen LogP contribution in [0.3, 0.4) is 0 Å². The Labute approximate surface area is 156 Å². The van der Waals surface area contributed by atoms with Crippen LogP contribution in [-0.2, 0) is 19.1 Å². The van der Waals surface area contributed by atoms with Gasteiger partial charge in [-0.15, -0.1) is 0 Å². The summed E-state index contributed by atoms with van der Waals surface area (Å²) >= 11 is 0. The maximum atomic E-state index is 13.7. The average Bonchev–Trinajstić information content (AvgIpc) is 2.94. The minimum Gasteiger partial charge on any atom is -0.366 e. The number of carbonyl (C=O) groups is 1. The van der Waals surface area contributed by atoms with Gasteiger partial charge in [0.2, 0.25) is 0 Å². The smallest absolute Gasteiger partial charge is 0.366 e. The number of carbonyl (C=O) groups excluding carboxylic acids is 1. The van der Waals surface area contributed by atoms with E-state index in [1.165, 1.54) is 25.3 Å². The molecule has 1 amide bonds. The van der Waals surface area contributed by atoms with E-state index in [9.17, 15) is 18.0 Å². The first-order valence-corrected chi connectivity index (χ1v) is 9.77. The van der Waals surface area contributed by atoms with Crippen molar-refractivity contribution in [3.8, 4) is 0 Å². The lowest BCUT2D eigenvalue weighted by Crippen LogP contribution is -2.36. The van der Waals surface area contributed by atoms with Gasteiger partial charge in [0.25, 0.3) is 5.91 Å². The van der Waals surface area contributed by atoms with Crippen LogP contribution in [0.25, 0.3) is 10.9 Å². The lowest BCUT2D eigenvalue weighted by atomic mass is 9.59. The molecule has 0 spiro atoms. The van der Waals surface area contributed by atoms with Crippen molar-refractivity contribution >= 4 is 16.8 Å². The van der Waals surface area contributed by atoms with Crippen LogP contribution in [0.4, 0.5) is 13.2 Å². The summed E-state index contributed by atoms with van der Waals surface area (Å²) in [6.07, 6.45) is 2.94. The van der Waals surface area contributed by atoms with Crippen LogP contribution in [0.2, 0.25) is 0 Å². The number of primary amides is 1. The SMILES string of the molecule is CCn1c(CC23CCC(CC2)CC3)c(C(N)=O)c2c(C(F)(F)F)cccc21. The minimum atomic E-state index is -4.53. The number of halogens is 3. The van der Waals surface area contributed by atoms with Gasteiger partial charge in [0.1, 0.15) is 0 Å². The highest BCUT2D eigenvalue weighted by molar-refractivity contribution is 6.09. The fourth-order valence-corrected chi connectivity index (χ4v) is 5.46. The first-order valence-electron chi connectivity index (χ1n) is 9.77. The van der Waals surface area contributed by atoms with Gasteiger partial charge in [0, 0.05) is 23.1 Å². The molecule has 1 heterocycles. The number of nitrogens with zero attached hydrogens (tertiary/aromatic N) is 1. The van der Waals surface area contributed by atoms with Gasteiger partial charge in [-0.05, 0) is 75.3 Å². The van der Waals surface area contributed by atoms with Crippen molar-refractivity contribution in [2.24, 2.45) is 17.1 Å². The molecule has 2 N–H and O–H groups in total. The highest BCUT2D eigenvalue weighted by Gasteiger charge is 2.43. The molecule has 0 atom stereocenters. The molecule has 0 unspecified atom stereocenters. The van der Waals surface area contributed by atoms with Crippen LogP contribution in [0.5, 0.6) is 0 Å². The predicted octanol–water partition coefficient (Wildman–Crippen LogP) is 5.29. The fourth-order valence-electron chi connectivity index (χ4n) is 5.46. The Morgan fingerprint density at radius 1 is 1.22 bits per heavy atom. The summed E-state index contributed by atoms with van der Waals surface area (Å²) < 4.78 is 42.8. The molecular weight excluding hydrogens is 353 g/mol. The van der Waals surface area contributed by atoms with Gasteiger partial charge in [-0.25, -0.2) is 0 Å². The van der Waals surface area contributed by atoms with Crippen molar-refractivity contribution < 1.29 is 18.0 Å². The van der Waals surface area contributed by atoms with Crippen LogP contribution in [-0.4, -0.2) is 10.5 Å². The van der Waals surface area contributed by atoms with Crippen molar-refractivity contribution in [1.82, 2.24) is 4.57 Å². The zero-order chi connectivity index (χ0) is 19.4. The molecule has 3 fully saturated rings. The fraction of sp³-hybridized carbons (Fsp3) is 0.571. The summed E-state index contributed by atoms with van der Waals surface area (Å²) in [5.74, 6) is 0.0381. The third kappa shape index (κ3) is 2.93. The van der Waals surface area contributed by atoms with E-state index in [2.05, 4.69) is 0 Å². The number of hydrogen-bond acceptors (Lipinski definition) is 1. The standard InChI is InChI=1S/C21H25F3N2O/c1-2-26-15-5-3-4-14(21(22,23)24)17(15)18(19(25)27)16(26)12-20-9-6-13(7-10-20)8-11-20/h3-5,13H,2,6-12H2,1H3,(H2,25,27). The molecule has 2 aromatic rings. The molecule has 2 bridgehead atoms. The minimum absolute atomic E-state index is 0.0322. The Hall–Kier alpha value is -1.98. The highest BCUT2D eigenvalue weighted by atomic mass is 19.4. The van der Waals surface area contributed by atoms with E-state index in [4.69, 9.17) is 5.73 Å². The maximum absolute atomic E-state index is 13.7. The molecule has 27 heavy (non-hydrogen) atoms. The number of aryl methyl sites for hydroxylation is 1. The molecule has 0 radical (unpaired) electrons. The van der Waals surface area contributed by atoms with Crippen LogP contribution < -0.4 is 5.73 Å². The molecule has 0 aliphatic heterocycles. The Balaban J connectivity index is 1.94. The number of alkyl halides is 3. The van der Waals surface area contributed by atoms with E-state index < -0.39 is 17.6 Å². The zero-order valence-electron chi connectivity index (χ0n) is 15.5. The van der Waals surface area contributed by atoms with Crippen LogP contribution in [0, 0.1) is 11.3 Å². The van der Waals surface area contributed by atoms with E-state index in [0.29, 0.717) is 24.2 Å². The molecule has 3 aliphatic carbocycles. The van der Waals surface area contributed by atoms with Crippen molar-refractivity contribution in [1.29, 1.82) is 0 Å². The van der Waals surface area contributed by atoms with Gasteiger partial charge in [0.05, 0.1) is 11.1 Å². The second-order valence-corrected chi connectivity index (χ2v) is 8.29. The van der Waals surface area contributed by atoms with Gasteiger partial charge >= 0.3 is 6.18 Å². The number of rotatable bonds is 4. The van der Waals surface area contributed by atoms with E-state index in [-0.39, 0.29) is 16.4 Å². The van der Waals surface area contributed by atoms with Crippen LogP contribution in [0.1, 0.15) is 67.1 Å². The first-order chi connectivity index (χ1) is 12.8. The monoisotopic (exact) mass is 378 g/mol. The van der Waals surface area contributed by atoms with Crippen molar-refractivity contribution in [3.05, 3.63) is 35.0 Å². The molecule has 3 nitrogen and oxygen atoms in total. The van der Waals surface area contributed by atoms with Gasteiger partial charge in [-0.1, -0.05) is 6.07 Å². The third-order valence-corrected chi connectivity index (χ3v) is 6.86. The van der Waals surface area contributed by atoms with Gasteiger partial charge in [0.15, 0.2) is 0 Å². The summed E-state index contributed by atoms with van der Waals surface area (Å²) in [4.78, 5) is 12.3. The quantitative estimate of drug-likeness (QED) is 0.772. The van der Waals surface area contributed by atoms with Gasteiger partial charge in [-0.2, -0.15) is 13.2 Å². The summed E-state index contributed by atoms with van der Waals surface area (Å²) in [6.45, 7) is 2.42. The topological polar surface area (TPSA) is 48.0 Å². The Bertz CT molecular complexity index is 875. The van der Waals surface area contributed by atoms with Crippen LogP contribution >= 0.6 is 0 Å². The average molecular weight is 378 g/mol. The third-order valence-electron chi connectivity index (χ3n) is 6.86. The molecule has 1 aromatic heterocycles. The lowest BCUT2D eigenvalue weighted by molar-refractivity contribution is -0.136. The van der Waals surface area contributed by atoms with Gasteiger partial charge < -0.3 is 10.3 Å². The second kappa shape index (κ2) is 6.28. The molecule has 6 heteroatoms. The second-order valence-electron chi connectivity index (χ2n) is 8.29. The van der Waals surface area contributed by atoms with Crippen molar-refractivity contribution in [3.63, 3.8) is 0 Å². The number of nitrogens with two attached hydrogens (primary N) is 1. The summed E-state index contributed by atoms with van der Waals surface area (Å²) in [6, 6.07) is 4.12. The number of benzene rings is 1. The maximum Gasteiger partial charge on any atom is 0.417 e.